The number of nitrogens with zero attached hydrogens (tertiary/aromatic N) is 3. The van der Waals surface area contributed by atoms with Crippen molar-refractivity contribution >= 4 is 46.5 Å². The van der Waals surface area contributed by atoms with E-state index >= 15 is 0 Å². The van der Waals surface area contributed by atoms with Crippen molar-refractivity contribution in [3.8, 4) is 11.3 Å². The Morgan fingerprint density at radius 3 is 2.71 bits per heavy atom. The molecule has 0 spiro atoms. The van der Waals surface area contributed by atoms with Crippen molar-refractivity contribution in [1.82, 2.24) is 14.9 Å². The molecule has 0 aliphatic rings. The van der Waals surface area contributed by atoms with Crippen LogP contribution >= 0.6 is 34.8 Å². The van der Waals surface area contributed by atoms with Crippen LogP contribution in [0.1, 0.15) is 21.7 Å². The Morgan fingerprint density at radius 2 is 1.97 bits per heavy atom. The third-order valence-corrected chi connectivity index (χ3v) is 5.48. The number of anilines is 1. The lowest BCUT2D eigenvalue weighted by molar-refractivity contribution is 0.102. The molecule has 0 aliphatic heterocycles. The number of nitrogens with one attached hydrogen (secondary N) is 1. The van der Waals surface area contributed by atoms with Gasteiger partial charge in [-0.25, -0.2) is 9.07 Å². The summed E-state index contributed by atoms with van der Waals surface area (Å²) in [7, 11) is 0. The fraction of sp³-hybridized carbons (Fsp3) is 0.0952. The van der Waals surface area contributed by atoms with Gasteiger partial charge in [0.05, 0.1) is 23.3 Å². The Labute approximate surface area is 191 Å². The number of benzene rings is 2. The second-order valence-electron chi connectivity index (χ2n) is 6.62. The number of carbonyl (C=O) groups excluding carboxylic acids is 1. The Bertz CT molecular complexity index is 1270. The lowest BCUT2D eigenvalue weighted by Crippen LogP contribution is -2.17. The second-order valence-corrected chi connectivity index (χ2v) is 7.87. The van der Waals surface area contributed by atoms with E-state index in [2.05, 4.69) is 15.6 Å². The summed E-state index contributed by atoms with van der Waals surface area (Å²) in [5, 5.41) is 12.0. The molecule has 0 unspecified atom stereocenters. The Morgan fingerprint density at radius 1 is 1.16 bits per heavy atom. The molecule has 4 aromatic rings. The Kier molecular flexibility index (Phi) is 6.00. The zero-order valence-corrected chi connectivity index (χ0v) is 18.3. The largest absolute Gasteiger partial charge is 0.360 e. The van der Waals surface area contributed by atoms with Gasteiger partial charge in [-0.1, -0.05) is 52.1 Å². The van der Waals surface area contributed by atoms with E-state index in [1.807, 2.05) is 0 Å². The molecule has 0 fully saturated rings. The first-order valence-electron chi connectivity index (χ1n) is 9.03. The summed E-state index contributed by atoms with van der Waals surface area (Å²) in [5.74, 6) is -0.532. The molecular weight excluding hydrogens is 466 g/mol. The minimum atomic E-state index is -0.614. The van der Waals surface area contributed by atoms with Gasteiger partial charge < -0.3 is 9.84 Å². The van der Waals surface area contributed by atoms with E-state index in [-0.39, 0.29) is 27.6 Å². The summed E-state index contributed by atoms with van der Waals surface area (Å²) < 4.78 is 21.1. The molecule has 10 heteroatoms. The van der Waals surface area contributed by atoms with E-state index in [1.54, 1.807) is 35.9 Å². The molecule has 2 heterocycles. The molecule has 0 saturated carbocycles. The van der Waals surface area contributed by atoms with Crippen LogP contribution < -0.4 is 5.32 Å². The lowest BCUT2D eigenvalue weighted by Gasteiger charge is -2.11. The van der Waals surface area contributed by atoms with Gasteiger partial charge in [-0.3, -0.25) is 4.79 Å². The highest BCUT2D eigenvalue weighted by atomic mass is 35.5. The third kappa shape index (κ3) is 4.30. The molecule has 0 atom stereocenters. The monoisotopic (exact) mass is 478 g/mol. The van der Waals surface area contributed by atoms with Gasteiger partial charge in [0.15, 0.2) is 0 Å². The first kappa shape index (κ1) is 21.4. The predicted octanol–water partition coefficient (Wildman–Crippen LogP) is 6.25. The van der Waals surface area contributed by atoms with Crippen LogP contribution in [0.2, 0.25) is 15.1 Å². The first-order valence-corrected chi connectivity index (χ1v) is 10.2. The molecule has 31 heavy (non-hydrogen) atoms. The van der Waals surface area contributed by atoms with Crippen LogP contribution in [-0.2, 0) is 6.54 Å². The number of amides is 1. The van der Waals surface area contributed by atoms with Gasteiger partial charge in [0, 0.05) is 16.1 Å². The fourth-order valence-corrected chi connectivity index (χ4v) is 3.81. The van der Waals surface area contributed by atoms with E-state index in [9.17, 15) is 9.18 Å². The highest BCUT2D eigenvalue weighted by molar-refractivity contribution is 6.35. The normalized spacial score (nSPS) is 11.0. The fourth-order valence-electron chi connectivity index (χ4n) is 3.09. The van der Waals surface area contributed by atoms with Gasteiger partial charge in [0.1, 0.15) is 28.7 Å². The SMILES string of the molecule is Cc1onc(-c2c(F)cccc2Cl)c1C(=O)Nc1ccnn1Cc1ccc(Cl)cc1Cl. The molecule has 2 aromatic heterocycles. The van der Waals surface area contributed by atoms with Crippen LogP contribution in [0.4, 0.5) is 10.2 Å². The van der Waals surface area contributed by atoms with Crippen molar-refractivity contribution < 1.29 is 13.7 Å². The van der Waals surface area contributed by atoms with E-state index in [1.165, 1.54) is 24.4 Å². The second kappa shape index (κ2) is 8.70. The maximum absolute atomic E-state index is 14.4. The summed E-state index contributed by atoms with van der Waals surface area (Å²) in [6.45, 7) is 1.86. The number of carbonyl (C=O) groups is 1. The number of halogens is 4. The van der Waals surface area contributed by atoms with Crippen molar-refractivity contribution in [2.24, 2.45) is 0 Å². The van der Waals surface area contributed by atoms with Crippen molar-refractivity contribution in [3.05, 3.63) is 86.4 Å². The van der Waals surface area contributed by atoms with Gasteiger partial charge in [0.25, 0.3) is 5.91 Å². The average molecular weight is 480 g/mol. The molecule has 0 saturated heterocycles. The van der Waals surface area contributed by atoms with E-state index < -0.39 is 11.7 Å². The highest BCUT2D eigenvalue weighted by Gasteiger charge is 2.26. The Balaban J connectivity index is 1.64. The summed E-state index contributed by atoms with van der Waals surface area (Å²) in [6.07, 6.45) is 1.54. The number of hydrogen-bond acceptors (Lipinski definition) is 4. The van der Waals surface area contributed by atoms with Gasteiger partial charge >= 0.3 is 0 Å². The van der Waals surface area contributed by atoms with Crippen molar-refractivity contribution in [3.63, 3.8) is 0 Å². The molecule has 2 aromatic carbocycles. The zero-order chi connectivity index (χ0) is 22.1. The van der Waals surface area contributed by atoms with E-state index in [0.717, 1.165) is 5.56 Å². The molecule has 0 aliphatic carbocycles. The third-order valence-electron chi connectivity index (χ3n) is 4.58. The number of rotatable bonds is 5. The highest BCUT2D eigenvalue weighted by Crippen LogP contribution is 2.34. The van der Waals surface area contributed by atoms with Crippen LogP contribution in [-0.4, -0.2) is 20.8 Å². The summed E-state index contributed by atoms with van der Waals surface area (Å²) >= 11 is 18.3. The molecular formula is C21H14Cl3FN4O2. The molecule has 0 radical (unpaired) electrons. The smallest absolute Gasteiger partial charge is 0.262 e. The Hall–Kier alpha value is -2.87. The van der Waals surface area contributed by atoms with Gasteiger partial charge in [-0.2, -0.15) is 5.10 Å². The summed E-state index contributed by atoms with van der Waals surface area (Å²) in [5.41, 5.74) is 0.854. The number of aryl methyl sites for hydroxylation is 1. The average Bonchev–Trinajstić information content (AvgIpc) is 3.30. The van der Waals surface area contributed by atoms with Crippen molar-refractivity contribution in [1.29, 1.82) is 0 Å². The topological polar surface area (TPSA) is 73.0 Å². The van der Waals surface area contributed by atoms with Gasteiger partial charge in [-0.05, 0) is 36.8 Å². The molecule has 1 amide bonds. The summed E-state index contributed by atoms with van der Waals surface area (Å²) in [4.78, 5) is 13.1. The number of aromatic nitrogens is 3. The molecule has 158 valence electrons. The standard InChI is InChI=1S/C21H14Cl3FN4O2/c1-11-18(20(28-31-11)19-14(23)3-2-4-16(19)25)21(30)27-17-7-8-26-29(17)10-12-5-6-13(22)9-15(12)24/h2-9H,10H2,1H3,(H,27,30). The predicted molar refractivity (Wildman–Crippen MR) is 117 cm³/mol. The first-order chi connectivity index (χ1) is 14.8. The molecule has 4 rings (SSSR count). The van der Waals surface area contributed by atoms with Crippen LogP contribution in [0.5, 0.6) is 0 Å². The van der Waals surface area contributed by atoms with Crippen LogP contribution in [0, 0.1) is 12.7 Å². The van der Waals surface area contributed by atoms with Crippen LogP contribution in [0.15, 0.2) is 53.2 Å². The maximum Gasteiger partial charge on any atom is 0.262 e. The summed E-state index contributed by atoms with van der Waals surface area (Å²) in [6, 6.07) is 11.0. The van der Waals surface area contributed by atoms with Gasteiger partial charge in [0.2, 0.25) is 0 Å². The van der Waals surface area contributed by atoms with Crippen molar-refractivity contribution in [2.45, 2.75) is 13.5 Å². The number of hydrogen-bond donors (Lipinski definition) is 1. The van der Waals surface area contributed by atoms with Crippen LogP contribution in [0.3, 0.4) is 0 Å². The lowest BCUT2D eigenvalue weighted by atomic mass is 10.0. The van der Waals surface area contributed by atoms with Crippen LogP contribution in [0.25, 0.3) is 11.3 Å². The molecule has 0 bridgehead atoms. The zero-order valence-electron chi connectivity index (χ0n) is 16.0. The van der Waals surface area contributed by atoms with E-state index in [0.29, 0.717) is 22.4 Å². The van der Waals surface area contributed by atoms with Crippen molar-refractivity contribution in [2.75, 3.05) is 5.32 Å². The minimum Gasteiger partial charge on any atom is -0.360 e. The van der Waals surface area contributed by atoms with Gasteiger partial charge in [-0.15, -0.1) is 0 Å². The quantitative estimate of drug-likeness (QED) is 0.367. The minimum absolute atomic E-state index is 0.00683. The molecule has 6 nitrogen and oxygen atoms in total. The maximum atomic E-state index is 14.4. The van der Waals surface area contributed by atoms with E-state index in [4.69, 9.17) is 39.3 Å². The molecule has 1 N–H and O–H groups in total.